The Morgan fingerprint density at radius 1 is 1.16 bits per heavy atom. The number of hydrogen-bond acceptors (Lipinski definition) is 2. The molecule has 98 valence electrons. The standard InChI is InChI=1S/C14H12Br2GeO2/c1-18-12-5-8-7(3-10(12)15)4-11-9(8)6-13(19-2)14(16)17-11/h3,5-6,17H,4H2,1-2H3. The first kappa shape index (κ1) is 13.6. The molecule has 0 amide bonds. The van der Waals surface area contributed by atoms with Crippen LogP contribution < -0.4 is 4.74 Å². The van der Waals surface area contributed by atoms with Gasteiger partial charge in [0.1, 0.15) is 0 Å². The molecule has 0 aromatic heterocycles. The van der Waals surface area contributed by atoms with Gasteiger partial charge in [0.2, 0.25) is 0 Å². The summed E-state index contributed by atoms with van der Waals surface area (Å²) in [6.45, 7) is 0. The van der Waals surface area contributed by atoms with Crippen molar-refractivity contribution in [2.24, 2.45) is 0 Å². The van der Waals surface area contributed by atoms with E-state index in [4.69, 9.17) is 9.47 Å². The van der Waals surface area contributed by atoms with E-state index in [-0.39, 0.29) is 0 Å². The van der Waals surface area contributed by atoms with Gasteiger partial charge in [-0.15, -0.1) is 0 Å². The molecular weight excluding hydrogens is 433 g/mol. The average molecular weight is 445 g/mol. The minimum absolute atomic E-state index is 0.596. The van der Waals surface area contributed by atoms with Crippen molar-refractivity contribution in [2.75, 3.05) is 14.2 Å². The third-order valence-electron chi connectivity index (χ3n) is 3.43. The molecule has 0 radical (unpaired) electrons. The van der Waals surface area contributed by atoms with Crippen LogP contribution in [0.3, 0.4) is 0 Å². The normalized spacial score (nSPS) is 16.6. The van der Waals surface area contributed by atoms with Crippen LogP contribution >= 0.6 is 31.9 Å². The maximum atomic E-state index is 5.45. The number of fused-ring (bicyclic) bond motifs is 2. The fourth-order valence-electron chi connectivity index (χ4n) is 2.50. The number of ether oxygens (including phenoxy) is 2. The summed E-state index contributed by atoms with van der Waals surface area (Å²) in [7, 11) is 3.43. The molecular formula is C14H12Br2GeO2. The van der Waals surface area contributed by atoms with E-state index in [9.17, 15) is 0 Å². The van der Waals surface area contributed by atoms with Crippen LogP contribution in [-0.4, -0.2) is 32.5 Å². The second-order valence-corrected chi connectivity index (χ2v) is 11.2. The number of hydrogen-bond donors (Lipinski definition) is 0. The van der Waals surface area contributed by atoms with E-state index in [1.54, 1.807) is 18.6 Å². The summed E-state index contributed by atoms with van der Waals surface area (Å²) in [6.07, 6.45) is 3.22. The number of allylic oxidation sites excluding steroid dienone is 4. The zero-order valence-electron chi connectivity index (χ0n) is 10.6. The Morgan fingerprint density at radius 3 is 2.63 bits per heavy atom. The predicted molar refractivity (Wildman–Crippen MR) is 87.5 cm³/mol. The zero-order chi connectivity index (χ0) is 13.6. The summed E-state index contributed by atoms with van der Waals surface area (Å²) in [5.74, 6) is 1.87. The van der Waals surface area contributed by atoms with Crippen molar-refractivity contribution in [1.29, 1.82) is 0 Å². The molecule has 19 heavy (non-hydrogen) atoms. The molecule has 1 aromatic rings. The molecule has 0 unspecified atom stereocenters. The van der Waals surface area contributed by atoms with Gasteiger partial charge in [0.25, 0.3) is 0 Å². The van der Waals surface area contributed by atoms with E-state index >= 15 is 0 Å². The van der Waals surface area contributed by atoms with Crippen LogP contribution in [0.5, 0.6) is 5.75 Å². The Morgan fingerprint density at radius 2 is 1.95 bits per heavy atom. The summed E-state index contributed by atoms with van der Waals surface area (Å²) in [6, 6.07) is 4.31. The van der Waals surface area contributed by atoms with Gasteiger partial charge in [0.15, 0.2) is 0 Å². The molecule has 5 heteroatoms. The summed E-state index contributed by atoms with van der Waals surface area (Å²) in [4.78, 5) is 0. The molecule has 1 heterocycles. The molecule has 0 N–H and O–H groups in total. The van der Waals surface area contributed by atoms with E-state index in [1.165, 1.54) is 20.0 Å². The fourth-order valence-corrected chi connectivity index (χ4v) is 7.63. The van der Waals surface area contributed by atoms with E-state index in [2.05, 4.69) is 50.1 Å². The van der Waals surface area contributed by atoms with E-state index in [0.717, 1.165) is 22.4 Å². The number of methoxy groups -OCH3 is 2. The van der Waals surface area contributed by atoms with Crippen LogP contribution in [0.4, 0.5) is 0 Å². The van der Waals surface area contributed by atoms with Crippen molar-refractivity contribution < 1.29 is 9.47 Å². The van der Waals surface area contributed by atoms with Crippen molar-refractivity contribution in [1.82, 2.24) is 0 Å². The molecule has 1 aliphatic carbocycles. The van der Waals surface area contributed by atoms with E-state index in [1.807, 2.05) is 0 Å². The summed E-state index contributed by atoms with van der Waals surface area (Å²) >= 11 is 6.63. The van der Waals surface area contributed by atoms with Crippen LogP contribution in [0.15, 0.2) is 32.8 Å². The van der Waals surface area contributed by atoms with Gasteiger partial charge >= 0.3 is 136 Å². The number of benzene rings is 1. The molecule has 0 saturated carbocycles. The monoisotopic (exact) mass is 444 g/mol. The predicted octanol–water partition coefficient (Wildman–Crippen LogP) is 3.23. The van der Waals surface area contributed by atoms with Crippen molar-refractivity contribution in [3.8, 4) is 5.75 Å². The summed E-state index contributed by atoms with van der Waals surface area (Å²) in [5, 5.41) is 0. The molecule has 2 nitrogen and oxygen atoms in total. The zero-order valence-corrected chi connectivity index (χ0v) is 16.2. The third-order valence-corrected chi connectivity index (χ3v) is 8.57. The Kier molecular flexibility index (Phi) is 3.75. The van der Waals surface area contributed by atoms with Crippen molar-refractivity contribution in [2.45, 2.75) is 6.42 Å². The first-order valence-electron chi connectivity index (χ1n) is 5.87. The van der Waals surface area contributed by atoms with Crippen LogP contribution in [0, 0.1) is 0 Å². The molecule has 2 aliphatic rings. The van der Waals surface area contributed by atoms with Gasteiger partial charge in [-0.25, -0.2) is 0 Å². The van der Waals surface area contributed by atoms with E-state index < -0.39 is 15.0 Å². The van der Waals surface area contributed by atoms with Gasteiger partial charge in [-0.1, -0.05) is 0 Å². The van der Waals surface area contributed by atoms with Gasteiger partial charge in [-0.2, -0.15) is 0 Å². The molecule has 0 fully saturated rings. The Labute approximate surface area is 135 Å². The van der Waals surface area contributed by atoms with Gasteiger partial charge in [-0.05, 0) is 0 Å². The van der Waals surface area contributed by atoms with E-state index in [0.29, 0.717) is 0 Å². The fraction of sp³-hybridized carbons (Fsp3) is 0.214. The van der Waals surface area contributed by atoms with Gasteiger partial charge in [0, 0.05) is 0 Å². The van der Waals surface area contributed by atoms with Gasteiger partial charge < -0.3 is 0 Å². The second kappa shape index (κ2) is 5.22. The van der Waals surface area contributed by atoms with Gasteiger partial charge in [-0.3, -0.25) is 0 Å². The Hall–Kier alpha value is -0.327. The first-order valence-corrected chi connectivity index (χ1v) is 9.88. The quantitative estimate of drug-likeness (QED) is 0.652. The minimum atomic E-state index is -0.596. The van der Waals surface area contributed by atoms with Crippen molar-refractivity contribution in [3.05, 3.63) is 44.0 Å². The molecule has 0 bridgehead atoms. The summed E-state index contributed by atoms with van der Waals surface area (Å²) in [5.41, 5.74) is 4.02. The van der Waals surface area contributed by atoms with Crippen LogP contribution in [0.25, 0.3) is 5.57 Å². The number of rotatable bonds is 2. The Balaban J connectivity index is 2.15. The average Bonchev–Trinajstić information content (AvgIpc) is 2.72. The molecule has 3 rings (SSSR count). The topological polar surface area (TPSA) is 18.5 Å². The van der Waals surface area contributed by atoms with Crippen molar-refractivity contribution in [3.63, 3.8) is 0 Å². The Bertz CT molecular complexity index is 660. The molecule has 0 atom stereocenters. The molecule has 0 saturated heterocycles. The summed E-state index contributed by atoms with van der Waals surface area (Å²) < 4.78 is 14.7. The maximum absolute atomic E-state index is 5.45. The molecule has 0 spiro atoms. The second-order valence-electron chi connectivity index (χ2n) is 4.46. The first-order chi connectivity index (χ1) is 9.13. The van der Waals surface area contributed by atoms with Gasteiger partial charge in [0.05, 0.1) is 0 Å². The molecule has 1 aromatic carbocycles. The van der Waals surface area contributed by atoms with Crippen LogP contribution in [-0.2, 0) is 11.2 Å². The van der Waals surface area contributed by atoms with Crippen molar-refractivity contribution >= 4 is 55.7 Å². The van der Waals surface area contributed by atoms with Crippen LogP contribution in [0.1, 0.15) is 11.1 Å². The molecule has 1 aliphatic heterocycles. The number of halogens is 2. The SMILES string of the molecule is COC1=CC2=[C](Cc3cc(Br)c(OC)cc32)[GeH]=[C]1Br. The van der Waals surface area contributed by atoms with Crippen LogP contribution in [0.2, 0.25) is 0 Å². The third kappa shape index (κ3) is 2.28.